The molecule has 0 spiro atoms. The van der Waals surface area contributed by atoms with Gasteiger partial charge in [-0.1, -0.05) is 38.2 Å². The van der Waals surface area contributed by atoms with E-state index in [1.165, 1.54) is 32.1 Å². The number of aromatic nitrogens is 2. The molecule has 0 radical (unpaired) electrons. The normalized spacial score (nSPS) is 17.5. The number of esters is 1. The molecule has 3 aromatic rings. The summed E-state index contributed by atoms with van der Waals surface area (Å²) in [7, 11) is 1.61. The van der Waals surface area contributed by atoms with Crippen LogP contribution in [0.1, 0.15) is 57.8 Å². The standard InChI is InChI=1S/C26H31N3O3/c1-31-22-17-19(14-15-21(22)32-26(30)18-9-5-6-10-18)24-25(27-20-11-3-2-4-12-20)29-16-8-7-13-23(29)28-24/h7-8,13-18,20,27H,2-6,9-12H2,1H3. The van der Waals surface area contributed by atoms with E-state index in [1.54, 1.807) is 7.11 Å². The molecule has 1 N–H and O–H groups in total. The lowest BCUT2D eigenvalue weighted by Crippen LogP contribution is -2.23. The number of nitrogens with zero attached hydrogens (tertiary/aromatic N) is 2. The van der Waals surface area contributed by atoms with Gasteiger partial charge in [-0.15, -0.1) is 0 Å². The third kappa shape index (κ3) is 4.18. The van der Waals surface area contributed by atoms with Gasteiger partial charge in [0.25, 0.3) is 0 Å². The van der Waals surface area contributed by atoms with Gasteiger partial charge in [0.15, 0.2) is 11.5 Å². The van der Waals surface area contributed by atoms with E-state index in [4.69, 9.17) is 14.5 Å². The van der Waals surface area contributed by atoms with Crippen LogP contribution in [0.3, 0.4) is 0 Å². The third-order valence-corrected chi connectivity index (χ3v) is 6.81. The van der Waals surface area contributed by atoms with E-state index in [0.717, 1.165) is 48.4 Å². The van der Waals surface area contributed by atoms with E-state index in [1.807, 2.05) is 42.6 Å². The second-order valence-corrected chi connectivity index (χ2v) is 8.99. The average Bonchev–Trinajstić information content (AvgIpc) is 3.49. The predicted octanol–water partition coefficient (Wildman–Crippen LogP) is 5.85. The third-order valence-electron chi connectivity index (χ3n) is 6.81. The summed E-state index contributed by atoms with van der Waals surface area (Å²) in [5, 5.41) is 3.77. The molecule has 6 nitrogen and oxygen atoms in total. The Labute approximate surface area is 188 Å². The summed E-state index contributed by atoms with van der Waals surface area (Å²) in [5.74, 6) is 1.88. The van der Waals surface area contributed by atoms with Crippen molar-refractivity contribution in [1.82, 2.24) is 9.38 Å². The summed E-state index contributed by atoms with van der Waals surface area (Å²) in [6.45, 7) is 0. The van der Waals surface area contributed by atoms with Crippen molar-refractivity contribution in [1.29, 1.82) is 0 Å². The topological polar surface area (TPSA) is 64.9 Å². The van der Waals surface area contributed by atoms with Crippen molar-refractivity contribution in [3.63, 3.8) is 0 Å². The summed E-state index contributed by atoms with van der Waals surface area (Å²) in [5.41, 5.74) is 2.72. The van der Waals surface area contributed by atoms with Gasteiger partial charge in [-0.3, -0.25) is 9.20 Å². The second kappa shape index (κ2) is 9.23. The number of carbonyl (C=O) groups is 1. The van der Waals surface area contributed by atoms with Crippen molar-refractivity contribution < 1.29 is 14.3 Å². The fraction of sp³-hybridized carbons (Fsp3) is 0.462. The highest BCUT2D eigenvalue weighted by atomic mass is 16.6. The maximum absolute atomic E-state index is 12.5. The molecule has 2 aromatic heterocycles. The van der Waals surface area contributed by atoms with Crippen LogP contribution in [0.15, 0.2) is 42.6 Å². The Bertz CT molecular complexity index is 1090. The highest BCUT2D eigenvalue weighted by molar-refractivity contribution is 5.80. The van der Waals surface area contributed by atoms with Crippen LogP contribution in [0, 0.1) is 5.92 Å². The lowest BCUT2D eigenvalue weighted by molar-refractivity contribution is -0.138. The van der Waals surface area contributed by atoms with Gasteiger partial charge < -0.3 is 14.8 Å². The van der Waals surface area contributed by atoms with E-state index in [2.05, 4.69) is 9.72 Å². The van der Waals surface area contributed by atoms with Crippen LogP contribution in [0.4, 0.5) is 5.82 Å². The largest absolute Gasteiger partial charge is 0.493 e. The summed E-state index contributed by atoms with van der Waals surface area (Å²) in [6, 6.07) is 12.2. The zero-order valence-electron chi connectivity index (χ0n) is 18.7. The van der Waals surface area contributed by atoms with Gasteiger partial charge in [-0.2, -0.15) is 0 Å². The number of imidazole rings is 1. The van der Waals surface area contributed by atoms with Crippen molar-refractivity contribution in [2.45, 2.75) is 63.8 Å². The number of methoxy groups -OCH3 is 1. The van der Waals surface area contributed by atoms with E-state index in [0.29, 0.717) is 17.5 Å². The van der Waals surface area contributed by atoms with E-state index >= 15 is 0 Å². The number of hydrogen-bond acceptors (Lipinski definition) is 5. The molecule has 0 atom stereocenters. The monoisotopic (exact) mass is 433 g/mol. The first-order chi connectivity index (χ1) is 15.7. The van der Waals surface area contributed by atoms with Crippen LogP contribution in [-0.2, 0) is 4.79 Å². The van der Waals surface area contributed by atoms with Crippen LogP contribution in [0.5, 0.6) is 11.5 Å². The number of benzene rings is 1. The lowest BCUT2D eigenvalue weighted by Gasteiger charge is -2.24. The molecular formula is C26H31N3O3. The Balaban J connectivity index is 1.47. The van der Waals surface area contributed by atoms with Crippen molar-refractivity contribution in [2.24, 2.45) is 5.92 Å². The molecule has 0 unspecified atom stereocenters. The van der Waals surface area contributed by atoms with Gasteiger partial charge in [0.1, 0.15) is 17.2 Å². The SMILES string of the molecule is COc1cc(-c2nc3ccccn3c2NC2CCCCC2)ccc1OC(=O)C1CCCC1. The fourth-order valence-corrected chi connectivity index (χ4v) is 5.03. The molecule has 0 amide bonds. The smallest absolute Gasteiger partial charge is 0.314 e. The predicted molar refractivity (Wildman–Crippen MR) is 125 cm³/mol. The molecule has 6 heteroatoms. The average molecular weight is 434 g/mol. The zero-order valence-corrected chi connectivity index (χ0v) is 18.7. The molecule has 2 fully saturated rings. The molecule has 0 saturated heterocycles. The molecule has 5 rings (SSSR count). The Hall–Kier alpha value is -3.02. The fourth-order valence-electron chi connectivity index (χ4n) is 5.03. The van der Waals surface area contributed by atoms with E-state index < -0.39 is 0 Å². The molecular weight excluding hydrogens is 402 g/mol. The molecule has 1 aromatic carbocycles. The highest BCUT2D eigenvalue weighted by Gasteiger charge is 2.26. The van der Waals surface area contributed by atoms with Gasteiger partial charge in [-0.05, 0) is 56.0 Å². The Morgan fingerprint density at radius 1 is 1.00 bits per heavy atom. The first-order valence-corrected chi connectivity index (χ1v) is 11.9. The quantitative estimate of drug-likeness (QED) is 0.390. The molecule has 32 heavy (non-hydrogen) atoms. The highest BCUT2D eigenvalue weighted by Crippen LogP contribution is 2.37. The van der Waals surface area contributed by atoms with E-state index in [9.17, 15) is 4.79 Å². The number of carbonyl (C=O) groups excluding carboxylic acids is 1. The van der Waals surface area contributed by atoms with Gasteiger partial charge in [0, 0.05) is 17.8 Å². The first kappa shape index (κ1) is 20.9. The number of anilines is 1. The summed E-state index contributed by atoms with van der Waals surface area (Å²) < 4.78 is 13.4. The molecule has 2 saturated carbocycles. The van der Waals surface area contributed by atoms with Crippen LogP contribution >= 0.6 is 0 Å². The molecule has 2 aliphatic rings. The maximum Gasteiger partial charge on any atom is 0.314 e. The summed E-state index contributed by atoms with van der Waals surface area (Å²) in [4.78, 5) is 17.4. The Morgan fingerprint density at radius 2 is 1.78 bits per heavy atom. The molecule has 0 bridgehead atoms. The van der Waals surface area contributed by atoms with Gasteiger partial charge in [-0.25, -0.2) is 4.98 Å². The molecule has 2 aliphatic carbocycles. The number of pyridine rings is 1. The summed E-state index contributed by atoms with van der Waals surface area (Å²) in [6.07, 6.45) is 12.3. The van der Waals surface area contributed by atoms with Crippen LogP contribution < -0.4 is 14.8 Å². The number of nitrogens with one attached hydrogen (secondary N) is 1. The van der Waals surface area contributed by atoms with Crippen molar-refractivity contribution in [3.05, 3.63) is 42.6 Å². The van der Waals surface area contributed by atoms with Gasteiger partial charge in [0.05, 0.1) is 13.0 Å². The Kier molecular flexibility index (Phi) is 6.02. The second-order valence-electron chi connectivity index (χ2n) is 8.99. The maximum atomic E-state index is 12.5. The van der Waals surface area contributed by atoms with Crippen molar-refractivity contribution >= 4 is 17.4 Å². The van der Waals surface area contributed by atoms with Crippen molar-refractivity contribution in [2.75, 3.05) is 12.4 Å². The minimum absolute atomic E-state index is 0.00381. The van der Waals surface area contributed by atoms with Gasteiger partial charge in [0.2, 0.25) is 0 Å². The van der Waals surface area contributed by atoms with Crippen LogP contribution in [0.25, 0.3) is 16.9 Å². The van der Waals surface area contributed by atoms with Crippen LogP contribution in [0.2, 0.25) is 0 Å². The number of hydrogen-bond donors (Lipinski definition) is 1. The number of rotatable bonds is 6. The minimum Gasteiger partial charge on any atom is -0.493 e. The van der Waals surface area contributed by atoms with Crippen LogP contribution in [-0.4, -0.2) is 28.5 Å². The molecule has 2 heterocycles. The van der Waals surface area contributed by atoms with Gasteiger partial charge >= 0.3 is 5.97 Å². The van der Waals surface area contributed by atoms with E-state index in [-0.39, 0.29) is 11.9 Å². The first-order valence-electron chi connectivity index (χ1n) is 11.9. The zero-order chi connectivity index (χ0) is 21.9. The lowest BCUT2D eigenvalue weighted by atomic mass is 9.95. The molecule has 168 valence electrons. The summed E-state index contributed by atoms with van der Waals surface area (Å²) >= 11 is 0. The minimum atomic E-state index is -0.152. The number of fused-ring (bicyclic) bond motifs is 1. The molecule has 0 aliphatic heterocycles. The number of ether oxygens (including phenoxy) is 2. The Morgan fingerprint density at radius 3 is 2.56 bits per heavy atom. The van der Waals surface area contributed by atoms with Crippen molar-refractivity contribution in [3.8, 4) is 22.8 Å².